The highest BCUT2D eigenvalue weighted by atomic mass is 16.2. The van der Waals surface area contributed by atoms with Crippen molar-refractivity contribution in [1.29, 1.82) is 0 Å². The number of pyridine rings is 1. The Morgan fingerprint density at radius 2 is 1.92 bits per heavy atom. The molecule has 0 saturated heterocycles. The van der Waals surface area contributed by atoms with E-state index in [2.05, 4.69) is 10.3 Å². The third kappa shape index (κ3) is 2.85. The Morgan fingerprint density at radius 3 is 2.76 bits per heavy atom. The van der Waals surface area contributed by atoms with Crippen molar-refractivity contribution in [2.45, 2.75) is 13.3 Å². The summed E-state index contributed by atoms with van der Waals surface area (Å²) in [5.74, 6) is -0.253. The summed E-state index contributed by atoms with van der Waals surface area (Å²) in [6.07, 6.45) is 0.843. The average molecular weight is 331 g/mol. The summed E-state index contributed by atoms with van der Waals surface area (Å²) in [5.41, 5.74) is 3.80. The normalized spacial score (nSPS) is 12.9. The Kier molecular flexibility index (Phi) is 3.69. The fourth-order valence-electron chi connectivity index (χ4n) is 3.17. The van der Waals surface area contributed by atoms with E-state index in [-0.39, 0.29) is 11.8 Å². The van der Waals surface area contributed by atoms with Crippen LogP contribution in [-0.4, -0.2) is 23.3 Å². The fraction of sp³-hybridized carbons (Fsp3) is 0.150. The monoisotopic (exact) mass is 331 g/mol. The highest BCUT2D eigenvalue weighted by Crippen LogP contribution is 2.31. The minimum Gasteiger partial charge on any atom is -0.321 e. The van der Waals surface area contributed by atoms with Crippen LogP contribution in [0.15, 0.2) is 54.6 Å². The van der Waals surface area contributed by atoms with Gasteiger partial charge in [0.05, 0.1) is 5.52 Å². The van der Waals surface area contributed by atoms with Crippen molar-refractivity contribution in [2.24, 2.45) is 0 Å². The van der Waals surface area contributed by atoms with Gasteiger partial charge in [-0.15, -0.1) is 0 Å². The molecule has 1 aliphatic rings. The number of amides is 2. The zero-order valence-electron chi connectivity index (χ0n) is 13.8. The third-order valence-electron chi connectivity index (χ3n) is 4.45. The van der Waals surface area contributed by atoms with Gasteiger partial charge in [0, 0.05) is 30.2 Å². The molecule has 2 amide bonds. The zero-order chi connectivity index (χ0) is 17.4. The van der Waals surface area contributed by atoms with E-state index >= 15 is 0 Å². The average Bonchev–Trinajstić information content (AvgIpc) is 3.04. The molecule has 124 valence electrons. The fourth-order valence-corrected chi connectivity index (χ4v) is 3.17. The maximum Gasteiger partial charge on any atom is 0.274 e. The van der Waals surface area contributed by atoms with E-state index in [1.165, 1.54) is 0 Å². The lowest BCUT2D eigenvalue weighted by Gasteiger charge is -2.15. The molecule has 0 unspecified atom stereocenters. The number of carbonyl (C=O) groups is 2. The number of carbonyl (C=O) groups excluding carboxylic acids is 2. The van der Waals surface area contributed by atoms with Gasteiger partial charge in [0.1, 0.15) is 5.69 Å². The maximum absolute atomic E-state index is 12.5. The van der Waals surface area contributed by atoms with Gasteiger partial charge >= 0.3 is 0 Å². The summed E-state index contributed by atoms with van der Waals surface area (Å²) in [4.78, 5) is 30.4. The van der Waals surface area contributed by atoms with Crippen molar-refractivity contribution in [3.8, 4) is 0 Å². The molecule has 1 N–H and O–H groups in total. The Bertz CT molecular complexity index is 997. The number of anilines is 2. The van der Waals surface area contributed by atoms with Gasteiger partial charge in [0.15, 0.2) is 0 Å². The van der Waals surface area contributed by atoms with Gasteiger partial charge in [-0.3, -0.25) is 9.59 Å². The molecule has 2 aromatic carbocycles. The summed E-state index contributed by atoms with van der Waals surface area (Å²) < 4.78 is 0. The number of nitrogens with zero attached hydrogens (tertiary/aromatic N) is 2. The maximum atomic E-state index is 12.5. The van der Waals surface area contributed by atoms with Gasteiger partial charge in [-0.05, 0) is 36.2 Å². The van der Waals surface area contributed by atoms with Crippen LogP contribution < -0.4 is 10.2 Å². The third-order valence-corrected chi connectivity index (χ3v) is 4.45. The van der Waals surface area contributed by atoms with E-state index in [0.29, 0.717) is 17.9 Å². The molecule has 0 bridgehead atoms. The van der Waals surface area contributed by atoms with E-state index < -0.39 is 0 Å². The van der Waals surface area contributed by atoms with Gasteiger partial charge in [-0.1, -0.05) is 30.3 Å². The van der Waals surface area contributed by atoms with Crippen molar-refractivity contribution in [3.05, 3.63) is 65.9 Å². The van der Waals surface area contributed by atoms with Crippen LogP contribution in [0.3, 0.4) is 0 Å². The molecule has 0 fully saturated rings. The van der Waals surface area contributed by atoms with E-state index in [1.807, 2.05) is 48.5 Å². The number of aromatic nitrogens is 1. The Hall–Kier alpha value is -3.21. The number of benzene rings is 2. The molecule has 5 heteroatoms. The molecule has 0 aliphatic carbocycles. The second-order valence-corrected chi connectivity index (χ2v) is 6.11. The molecule has 0 spiro atoms. The quantitative estimate of drug-likeness (QED) is 0.783. The highest BCUT2D eigenvalue weighted by molar-refractivity contribution is 6.04. The largest absolute Gasteiger partial charge is 0.321 e. The minimum atomic E-state index is -0.266. The van der Waals surface area contributed by atoms with Crippen molar-refractivity contribution >= 4 is 34.1 Å². The smallest absolute Gasteiger partial charge is 0.274 e. The van der Waals surface area contributed by atoms with Gasteiger partial charge in [0.2, 0.25) is 5.91 Å². The van der Waals surface area contributed by atoms with E-state index in [9.17, 15) is 9.59 Å². The van der Waals surface area contributed by atoms with Gasteiger partial charge in [-0.2, -0.15) is 0 Å². The van der Waals surface area contributed by atoms with Crippen LogP contribution in [0, 0.1) is 0 Å². The number of nitrogens with one attached hydrogen (secondary N) is 1. The van der Waals surface area contributed by atoms with Crippen LogP contribution in [0.25, 0.3) is 10.9 Å². The van der Waals surface area contributed by atoms with Crippen LogP contribution in [0.1, 0.15) is 23.0 Å². The molecule has 2 heterocycles. The summed E-state index contributed by atoms with van der Waals surface area (Å²) in [6.45, 7) is 2.24. The standard InChI is InChI=1S/C20H17N3O2/c1-13(24)23-11-10-15-6-8-16(12-19(15)23)21-20(25)18-9-7-14-4-2-3-5-17(14)22-18/h2-9,12H,10-11H2,1H3,(H,21,25). The Balaban J connectivity index is 1.60. The lowest BCUT2D eigenvalue weighted by molar-refractivity contribution is -0.116. The first-order valence-corrected chi connectivity index (χ1v) is 8.20. The number of hydrogen-bond acceptors (Lipinski definition) is 3. The number of para-hydroxylation sites is 1. The van der Waals surface area contributed by atoms with Crippen molar-refractivity contribution in [2.75, 3.05) is 16.8 Å². The topological polar surface area (TPSA) is 62.3 Å². The Labute approximate surface area is 145 Å². The molecule has 4 rings (SSSR count). The first-order chi connectivity index (χ1) is 12.1. The molecule has 3 aromatic rings. The summed E-state index contributed by atoms with van der Waals surface area (Å²) in [5, 5.41) is 3.87. The summed E-state index contributed by atoms with van der Waals surface area (Å²) in [7, 11) is 0. The van der Waals surface area contributed by atoms with E-state index in [0.717, 1.165) is 28.6 Å². The zero-order valence-corrected chi connectivity index (χ0v) is 13.8. The number of hydrogen-bond donors (Lipinski definition) is 1. The van der Waals surface area contributed by atoms with Crippen LogP contribution in [0.4, 0.5) is 11.4 Å². The molecule has 25 heavy (non-hydrogen) atoms. The molecular weight excluding hydrogens is 314 g/mol. The summed E-state index contributed by atoms with van der Waals surface area (Å²) >= 11 is 0. The van der Waals surface area contributed by atoms with E-state index in [4.69, 9.17) is 0 Å². The van der Waals surface area contributed by atoms with Crippen molar-refractivity contribution < 1.29 is 9.59 Å². The first-order valence-electron chi connectivity index (χ1n) is 8.20. The van der Waals surface area contributed by atoms with Crippen molar-refractivity contribution in [1.82, 2.24) is 4.98 Å². The molecular formula is C20H17N3O2. The minimum absolute atomic E-state index is 0.0124. The van der Waals surface area contributed by atoms with Gasteiger partial charge in [-0.25, -0.2) is 4.98 Å². The molecule has 5 nitrogen and oxygen atoms in total. The molecule has 0 saturated carbocycles. The number of rotatable bonds is 2. The second kappa shape index (κ2) is 6.02. The predicted molar refractivity (Wildman–Crippen MR) is 97.9 cm³/mol. The predicted octanol–water partition coefficient (Wildman–Crippen LogP) is 3.40. The van der Waals surface area contributed by atoms with Crippen LogP contribution in [-0.2, 0) is 11.2 Å². The van der Waals surface area contributed by atoms with E-state index in [1.54, 1.807) is 17.9 Å². The second-order valence-electron chi connectivity index (χ2n) is 6.11. The van der Waals surface area contributed by atoms with Crippen LogP contribution in [0.5, 0.6) is 0 Å². The lowest BCUT2D eigenvalue weighted by Crippen LogP contribution is -2.25. The molecule has 1 aliphatic heterocycles. The molecule has 0 atom stereocenters. The number of fused-ring (bicyclic) bond motifs is 2. The van der Waals surface area contributed by atoms with Crippen LogP contribution in [0.2, 0.25) is 0 Å². The molecule has 1 aromatic heterocycles. The molecule has 0 radical (unpaired) electrons. The van der Waals surface area contributed by atoms with Crippen LogP contribution >= 0.6 is 0 Å². The SMILES string of the molecule is CC(=O)N1CCc2ccc(NC(=O)c3ccc4ccccc4n3)cc21. The first kappa shape index (κ1) is 15.3. The lowest BCUT2D eigenvalue weighted by atomic mass is 10.1. The Morgan fingerprint density at radius 1 is 1.08 bits per heavy atom. The van der Waals surface area contributed by atoms with Gasteiger partial charge in [0.25, 0.3) is 5.91 Å². The van der Waals surface area contributed by atoms with Crippen molar-refractivity contribution in [3.63, 3.8) is 0 Å². The highest BCUT2D eigenvalue weighted by Gasteiger charge is 2.22. The summed E-state index contributed by atoms with van der Waals surface area (Å²) in [6, 6.07) is 17.0. The van der Waals surface area contributed by atoms with Gasteiger partial charge < -0.3 is 10.2 Å².